The van der Waals surface area contributed by atoms with E-state index >= 15 is 0 Å². The van der Waals surface area contributed by atoms with Crippen LogP contribution in [-0.4, -0.2) is 13.0 Å². The highest BCUT2D eigenvalue weighted by molar-refractivity contribution is 6.34. The molecule has 0 atom stereocenters. The van der Waals surface area contributed by atoms with Crippen molar-refractivity contribution < 1.29 is 13.9 Å². The number of ether oxygens (including phenoxy) is 1. The Morgan fingerprint density at radius 2 is 2.09 bits per heavy atom. The molecule has 0 radical (unpaired) electrons. The molecule has 0 unspecified atom stereocenters. The first kappa shape index (κ1) is 14.4. The smallest absolute Gasteiger partial charge is 0.257 e. The molecule has 0 bridgehead atoms. The minimum Gasteiger partial charge on any atom is -0.494 e. The van der Waals surface area contributed by atoms with E-state index in [0.29, 0.717) is 27.5 Å². The number of hydrogen-bond acceptors (Lipinski definition) is 3. The minimum atomic E-state index is -0.481. The summed E-state index contributed by atoms with van der Waals surface area (Å²) in [6.45, 7) is 0. The molecule has 0 saturated heterocycles. The van der Waals surface area contributed by atoms with Crippen LogP contribution in [0, 0.1) is 5.82 Å². The largest absolute Gasteiger partial charge is 0.494 e. The molecule has 1 heterocycles. The monoisotopic (exact) mass is 318 g/mol. The summed E-state index contributed by atoms with van der Waals surface area (Å²) in [7, 11) is 1.40. The van der Waals surface area contributed by atoms with Crippen LogP contribution in [0.4, 0.5) is 15.8 Å². The number of benzene rings is 2. The topological polar surface area (TPSA) is 50.4 Å². The number of nitrogens with one attached hydrogen (secondary N) is 2. The number of halogens is 2. The third-order valence-electron chi connectivity index (χ3n) is 3.30. The molecule has 2 aromatic carbocycles. The van der Waals surface area contributed by atoms with Gasteiger partial charge in [0.15, 0.2) is 11.6 Å². The van der Waals surface area contributed by atoms with Crippen LogP contribution in [-0.2, 0) is 4.79 Å². The number of anilines is 2. The first-order valence-corrected chi connectivity index (χ1v) is 6.88. The number of carbonyl (C=O) groups excluding carboxylic acids is 1. The van der Waals surface area contributed by atoms with Gasteiger partial charge in [-0.25, -0.2) is 4.39 Å². The van der Waals surface area contributed by atoms with Gasteiger partial charge >= 0.3 is 0 Å². The maximum Gasteiger partial charge on any atom is 0.257 e. The summed E-state index contributed by atoms with van der Waals surface area (Å²) < 4.78 is 18.5. The molecule has 22 heavy (non-hydrogen) atoms. The van der Waals surface area contributed by atoms with Crippen molar-refractivity contribution in [2.75, 3.05) is 17.7 Å². The fraction of sp³-hybridized carbons (Fsp3) is 0.0625. The molecular formula is C16H12ClFN2O2. The lowest BCUT2D eigenvalue weighted by Gasteiger charge is -2.06. The molecule has 0 saturated carbocycles. The van der Waals surface area contributed by atoms with Gasteiger partial charge in [-0.05, 0) is 30.3 Å². The van der Waals surface area contributed by atoms with Gasteiger partial charge in [-0.3, -0.25) is 4.79 Å². The highest BCUT2D eigenvalue weighted by Crippen LogP contribution is 2.33. The molecule has 6 heteroatoms. The molecule has 0 aliphatic carbocycles. The first-order chi connectivity index (χ1) is 10.6. The van der Waals surface area contributed by atoms with E-state index in [9.17, 15) is 9.18 Å². The summed E-state index contributed by atoms with van der Waals surface area (Å²) in [6.07, 6.45) is 1.53. The average molecular weight is 319 g/mol. The number of carbonyl (C=O) groups is 1. The number of methoxy groups -OCH3 is 1. The van der Waals surface area contributed by atoms with E-state index in [1.807, 2.05) is 0 Å². The quantitative estimate of drug-likeness (QED) is 0.844. The van der Waals surface area contributed by atoms with E-state index in [1.54, 1.807) is 24.3 Å². The molecule has 0 aromatic heterocycles. The molecule has 2 aromatic rings. The van der Waals surface area contributed by atoms with Crippen LogP contribution < -0.4 is 15.4 Å². The van der Waals surface area contributed by atoms with Crippen molar-refractivity contribution in [1.82, 2.24) is 0 Å². The van der Waals surface area contributed by atoms with Crippen LogP contribution in [0.15, 0.2) is 42.6 Å². The standard InChI is InChI=1S/C16H12ClFN2O2/c1-22-15-5-3-10(7-13(15)18)19-8-12-11-6-9(17)2-4-14(11)20-16(12)21/h2-8,19H,1H3,(H,20,21). The second kappa shape index (κ2) is 5.69. The zero-order chi connectivity index (χ0) is 15.7. The summed E-state index contributed by atoms with van der Waals surface area (Å²) in [5.74, 6) is -0.557. The van der Waals surface area contributed by atoms with Crippen molar-refractivity contribution in [3.63, 3.8) is 0 Å². The van der Waals surface area contributed by atoms with Crippen LogP contribution in [0.2, 0.25) is 5.02 Å². The Kier molecular flexibility index (Phi) is 3.73. The summed E-state index contributed by atoms with van der Waals surface area (Å²) in [4.78, 5) is 12.0. The second-order valence-electron chi connectivity index (χ2n) is 4.70. The highest BCUT2D eigenvalue weighted by atomic mass is 35.5. The Morgan fingerprint density at radius 3 is 2.82 bits per heavy atom. The lowest BCUT2D eigenvalue weighted by molar-refractivity contribution is -0.110. The molecule has 1 aliphatic rings. The molecule has 1 aliphatic heterocycles. The van der Waals surface area contributed by atoms with Gasteiger partial charge in [0.1, 0.15) is 0 Å². The Balaban J connectivity index is 1.89. The van der Waals surface area contributed by atoms with Crippen molar-refractivity contribution in [3.8, 4) is 5.75 Å². The third-order valence-corrected chi connectivity index (χ3v) is 3.53. The predicted molar refractivity (Wildman–Crippen MR) is 84.6 cm³/mol. The zero-order valence-corrected chi connectivity index (χ0v) is 12.4. The molecule has 4 nitrogen and oxygen atoms in total. The fourth-order valence-electron chi connectivity index (χ4n) is 2.22. The SMILES string of the molecule is COc1ccc(NC=C2C(=O)Nc3ccc(Cl)cc32)cc1F. The fourth-order valence-corrected chi connectivity index (χ4v) is 2.39. The van der Waals surface area contributed by atoms with Crippen LogP contribution in [0.3, 0.4) is 0 Å². The average Bonchev–Trinajstić information content (AvgIpc) is 2.80. The van der Waals surface area contributed by atoms with Gasteiger partial charge in [0, 0.05) is 34.2 Å². The number of amides is 1. The summed E-state index contributed by atoms with van der Waals surface area (Å²) in [6, 6.07) is 9.61. The Hall–Kier alpha value is -2.53. The van der Waals surface area contributed by atoms with Gasteiger partial charge in [-0.1, -0.05) is 11.6 Å². The van der Waals surface area contributed by atoms with Crippen molar-refractivity contribution in [2.24, 2.45) is 0 Å². The van der Waals surface area contributed by atoms with Gasteiger partial charge in [-0.2, -0.15) is 0 Å². The minimum absolute atomic E-state index is 0.161. The first-order valence-electron chi connectivity index (χ1n) is 6.50. The molecule has 112 valence electrons. The lowest BCUT2D eigenvalue weighted by atomic mass is 10.1. The van der Waals surface area contributed by atoms with Crippen molar-refractivity contribution in [2.45, 2.75) is 0 Å². The molecule has 2 N–H and O–H groups in total. The van der Waals surface area contributed by atoms with Gasteiger partial charge < -0.3 is 15.4 Å². The van der Waals surface area contributed by atoms with Crippen LogP contribution in [0.25, 0.3) is 5.57 Å². The highest BCUT2D eigenvalue weighted by Gasteiger charge is 2.24. The summed E-state index contributed by atoms with van der Waals surface area (Å²) in [5.41, 5.74) is 2.35. The van der Waals surface area contributed by atoms with E-state index in [-0.39, 0.29) is 11.7 Å². The predicted octanol–water partition coefficient (Wildman–Crippen LogP) is 3.89. The van der Waals surface area contributed by atoms with Gasteiger partial charge in [-0.15, -0.1) is 0 Å². The van der Waals surface area contributed by atoms with Gasteiger partial charge in [0.05, 0.1) is 12.7 Å². The van der Waals surface area contributed by atoms with Crippen molar-refractivity contribution in [1.29, 1.82) is 0 Å². The van der Waals surface area contributed by atoms with Crippen molar-refractivity contribution in [3.05, 3.63) is 59.0 Å². The Bertz CT molecular complexity index is 790. The molecule has 1 amide bonds. The van der Waals surface area contributed by atoms with Crippen LogP contribution in [0.1, 0.15) is 5.56 Å². The van der Waals surface area contributed by atoms with E-state index < -0.39 is 5.82 Å². The maximum atomic E-state index is 13.6. The van der Waals surface area contributed by atoms with E-state index in [2.05, 4.69) is 10.6 Å². The normalized spacial score (nSPS) is 14.7. The van der Waals surface area contributed by atoms with Gasteiger partial charge in [0.2, 0.25) is 0 Å². The second-order valence-corrected chi connectivity index (χ2v) is 5.13. The van der Waals surface area contributed by atoms with Crippen LogP contribution >= 0.6 is 11.6 Å². The van der Waals surface area contributed by atoms with Crippen molar-refractivity contribution >= 4 is 34.5 Å². The van der Waals surface area contributed by atoms with Crippen LogP contribution in [0.5, 0.6) is 5.75 Å². The Morgan fingerprint density at radius 1 is 1.27 bits per heavy atom. The zero-order valence-electron chi connectivity index (χ0n) is 11.6. The van der Waals surface area contributed by atoms with E-state index in [0.717, 1.165) is 0 Å². The Labute approximate surface area is 131 Å². The van der Waals surface area contributed by atoms with Gasteiger partial charge in [0.25, 0.3) is 5.91 Å². The summed E-state index contributed by atoms with van der Waals surface area (Å²) in [5, 5.41) is 6.19. The number of hydrogen-bond donors (Lipinski definition) is 2. The molecule has 3 rings (SSSR count). The number of fused-ring (bicyclic) bond motifs is 1. The summed E-state index contributed by atoms with van der Waals surface area (Å²) >= 11 is 5.96. The van der Waals surface area contributed by atoms with E-state index in [4.69, 9.17) is 16.3 Å². The molecular weight excluding hydrogens is 307 g/mol. The molecule has 0 fully saturated rings. The molecule has 0 spiro atoms. The lowest BCUT2D eigenvalue weighted by Crippen LogP contribution is -2.05. The number of rotatable bonds is 3. The maximum absolute atomic E-state index is 13.6. The third kappa shape index (κ3) is 2.63. The van der Waals surface area contributed by atoms with E-state index in [1.165, 1.54) is 25.4 Å².